The number of aromatic nitrogens is 4. The predicted octanol–water partition coefficient (Wildman–Crippen LogP) is 1.05. The highest BCUT2D eigenvalue weighted by atomic mass is 16.2. The van der Waals surface area contributed by atoms with E-state index < -0.39 is 0 Å². The normalized spacial score (nSPS) is 19.9. The van der Waals surface area contributed by atoms with Crippen molar-refractivity contribution >= 4 is 23.5 Å². The lowest BCUT2D eigenvalue weighted by atomic mass is 10.2. The third-order valence-corrected chi connectivity index (χ3v) is 3.41. The molecule has 1 aromatic carbocycles. The summed E-state index contributed by atoms with van der Waals surface area (Å²) in [4.78, 5) is 23.9. The van der Waals surface area contributed by atoms with Gasteiger partial charge in [-0.25, -0.2) is 0 Å². The van der Waals surface area contributed by atoms with Crippen LogP contribution >= 0.6 is 0 Å². The van der Waals surface area contributed by atoms with Gasteiger partial charge in [-0.15, -0.1) is 5.10 Å². The molecule has 1 heterocycles. The van der Waals surface area contributed by atoms with E-state index in [2.05, 4.69) is 31.3 Å². The van der Waals surface area contributed by atoms with Crippen molar-refractivity contribution in [3.05, 3.63) is 29.8 Å². The minimum atomic E-state index is -0.368. The molecule has 2 aromatic rings. The SMILES string of the molecule is C[C@@H]1C[C@H]1C(=O)Nc1cccc(C(=O)Nc2nn[nH]n2)c1. The summed E-state index contributed by atoms with van der Waals surface area (Å²) in [7, 11) is 0. The summed E-state index contributed by atoms with van der Waals surface area (Å²) < 4.78 is 0. The zero-order chi connectivity index (χ0) is 14.8. The van der Waals surface area contributed by atoms with Crippen molar-refractivity contribution in [2.24, 2.45) is 11.8 Å². The molecule has 8 heteroatoms. The summed E-state index contributed by atoms with van der Waals surface area (Å²) in [5.74, 6) is 0.253. The van der Waals surface area contributed by atoms with Crippen LogP contribution in [0.25, 0.3) is 0 Å². The number of nitrogens with one attached hydrogen (secondary N) is 3. The lowest BCUT2D eigenvalue weighted by Crippen LogP contribution is -2.16. The van der Waals surface area contributed by atoms with E-state index in [1.54, 1.807) is 24.3 Å². The molecule has 8 nitrogen and oxygen atoms in total. The Balaban J connectivity index is 1.67. The predicted molar refractivity (Wildman–Crippen MR) is 74.5 cm³/mol. The minimum Gasteiger partial charge on any atom is -0.326 e. The smallest absolute Gasteiger partial charge is 0.270 e. The van der Waals surface area contributed by atoms with Gasteiger partial charge in [0.25, 0.3) is 11.9 Å². The van der Waals surface area contributed by atoms with Crippen molar-refractivity contribution in [1.82, 2.24) is 20.6 Å². The maximum Gasteiger partial charge on any atom is 0.270 e. The van der Waals surface area contributed by atoms with Gasteiger partial charge < -0.3 is 5.32 Å². The summed E-state index contributed by atoms with van der Waals surface area (Å²) in [5, 5.41) is 18.2. The molecular formula is C13H14N6O2. The molecule has 1 aromatic heterocycles. The molecule has 0 spiro atoms. The van der Waals surface area contributed by atoms with Crippen LogP contribution in [-0.4, -0.2) is 32.4 Å². The third-order valence-electron chi connectivity index (χ3n) is 3.41. The second-order valence-electron chi connectivity index (χ2n) is 5.08. The molecule has 2 atom stereocenters. The van der Waals surface area contributed by atoms with Gasteiger partial charge >= 0.3 is 0 Å². The Morgan fingerprint density at radius 2 is 2.14 bits per heavy atom. The fourth-order valence-electron chi connectivity index (χ4n) is 2.05. The Hall–Kier alpha value is -2.77. The van der Waals surface area contributed by atoms with Crippen molar-refractivity contribution in [3.63, 3.8) is 0 Å². The average molecular weight is 286 g/mol. The summed E-state index contributed by atoms with van der Waals surface area (Å²) >= 11 is 0. The zero-order valence-electron chi connectivity index (χ0n) is 11.3. The summed E-state index contributed by atoms with van der Waals surface area (Å²) in [5.41, 5.74) is 1.00. The Bertz CT molecular complexity index is 669. The van der Waals surface area contributed by atoms with Gasteiger partial charge in [0.2, 0.25) is 5.91 Å². The first-order valence-corrected chi connectivity index (χ1v) is 6.59. The molecule has 1 aliphatic rings. The van der Waals surface area contributed by atoms with Gasteiger partial charge in [0.05, 0.1) is 0 Å². The molecule has 0 unspecified atom stereocenters. The topological polar surface area (TPSA) is 113 Å². The Morgan fingerprint density at radius 3 is 2.81 bits per heavy atom. The van der Waals surface area contributed by atoms with E-state index in [9.17, 15) is 9.59 Å². The van der Waals surface area contributed by atoms with Crippen LogP contribution in [0.2, 0.25) is 0 Å². The first kappa shape index (κ1) is 13.2. The molecule has 1 aliphatic carbocycles. The van der Waals surface area contributed by atoms with Crippen LogP contribution in [0.3, 0.4) is 0 Å². The van der Waals surface area contributed by atoms with E-state index in [1.807, 2.05) is 6.92 Å². The van der Waals surface area contributed by atoms with Crippen LogP contribution in [0, 0.1) is 11.8 Å². The Morgan fingerprint density at radius 1 is 1.33 bits per heavy atom. The van der Waals surface area contributed by atoms with Gasteiger partial charge in [0.15, 0.2) is 0 Å². The van der Waals surface area contributed by atoms with Gasteiger partial charge in [0, 0.05) is 17.2 Å². The quantitative estimate of drug-likeness (QED) is 0.777. The highest BCUT2D eigenvalue weighted by Crippen LogP contribution is 2.38. The monoisotopic (exact) mass is 286 g/mol. The fourth-order valence-corrected chi connectivity index (χ4v) is 2.05. The fraction of sp³-hybridized carbons (Fsp3) is 0.308. The Kier molecular flexibility index (Phi) is 3.35. The molecule has 1 saturated carbocycles. The molecule has 1 fully saturated rings. The number of aromatic amines is 1. The highest BCUT2D eigenvalue weighted by molar-refractivity contribution is 6.04. The second-order valence-corrected chi connectivity index (χ2v) is 5.08. The molecule has 0 bridgehead atoms. The van der Waals surface area contributed by atoms with Gasteiger partial charge in [0.1, 0.15) is 0 Å². The molecule has 0 radical (unpaired) electrons. The van der Waals surface area contributed by atoms with Crippen molar-refractivity contribution in [1.29, 1.82) is 0 Å². The van der Waals surface area contributed by atoms with Crippen molar-refractivity contribution in [2.75, 3.05) is 10.6 Å². The number of anilines is 2. The zero-order valence-corrected chi connectivity index (χ0v) is 11.3. The second kappa shape index (κ2) is 5.31. The van der Waals surface area contributed by atoms with Crippen LogP contribution in [0.1, 0.15) is 23.7 Å². The Labute approximate surface area is 120 Å². The van der Waals surface area contributed by atoms with Gasteiger partial charge in [-0.05, 0) is 35.8 Å². The number of nitrogens with zero attached hydrogens (tertiary/aromatic N) is 3. The molecule has 0 saturated heterocycles. The molecule has 108 valence electrons. The maximum atomic E-state index is 12.0. The first-order chi connectivity index (χ1) is 10.1. The lowest BCUT2D eigenvalue weighted by molar-refractivity contribution is -0.117. The van der Waals surface area contributed by atoms with Crippen LogP contribution in [0.4, 0.5) is 11.6 Å². The lowest BCUT2D eigenvalue weighted by Gasteiger charge is -2.06. The van der Waals surface area contributed by atoms with Gasteiger partial charge in [-0.2, -0.15) is 5.21 Å². The molecular weight excluding hydrogens is 272 g/mol. The first-order valence-electron chi connectivity index (χ1n) is 6.59. The average Bonchev–Trinajstić information content (AvgIpc) is 2.98. The van der Waals surface area contributed by atoms with Crippen molar-refractivity contribution in [2.45, 2.75) is 13.3 Å². The van der Waals surface area contributed by atoms with Crippen LogP contribution < -0.4 is 10.6 Å². The van der Waals surface area contributed by atoms with Crippen LogP contribution in [0.15, 0.2) is 24.3 Å². The van der Waals surface area contributed by atoms with E-state index in [-0.39, 0.29) is 23.7 Å². The van der Waals surface area contributed by atoms with E-state index in [4.69, 9.17) is 0 Å². The molecule has 21 heavy (non-hydrogen) atoms. The largest absolute Gasteiger partial charge is 0.326 e. The number of benzene rings is 1. The van der Waals surface area contributed by atoms with E-state index in [0.29, 0.717) is 17.2 Å². The van der Waals surface area contributed by atoms with Gasteiger partial charge in [-0.1, -0.05) is 18.1 Å². The van der Waals surface area contributed by atoms with E-state index in [0.717, 1.165) is 6.42 Å². The minimum absolute atomic E-state index is 0.00164. The van der Waals surface area contributed by atoms with Crippen molar-refractivity contribution < 1.29 is 9.59 Å². The number of hydrogen-bond acceptors (Lipinski definition) is 5. The number of tetrazole rings is 1. The number of rotatable bonds is 4. The summed E-state index contributed by atoms with van der Waals surface area (Å²) in [6, 6.07) is 6.71. The standard InChI is InChI=1S/C13H14N6O2/c1-7-5-10(7)12(21)14-9-4-2-3-8(6-9)11(20)15-13-16-18-19-17-13/h2-4,6-7,10H,5H2,1H3,(H,14,21)(H2,15,16,17,18,19,20)/t7-,10-/m1/s1. The number of hydrogen-bond donors (Lipinski definition) is 3. The van der Waals surface area contributed by atoms with Gasteiger partial charge in [-0.3, -0.25) is 14.9 Å². The summed E-state index contributed by atoms with van der Waals surface area (Å²) in [6.07, 6.45) is 0.920. The molecule has 2 amide bonds. The number of H-pyrrole nitrogens is 1. The molecule has 3 rings (SSSR count). The van der Waals surface area contributed by atoms with Crippen LogP contribution in [-0.2, 0) is 4.79 Å². The third kappa shape index (κ3) is 3.04. The van der Waals surface area contributed by atoms with E-state index >= 15 is 0 Å². The number of carbonyl (C=O) groups is 2. The molecule has 3 N–H and O–H groups in total. The highest BCUT2D eigenvalue weighted by Gasteiger charge is 2.39. The van der Waals surface area contributed by atoms with E-state index in [1.165, 1.54) is 0 Å². The number of carbonyl (C=O) groups excluding carboxylic acids is 2. The number of amides is 2. The van der Waals surface area contributed by atoms with Crippen LogP contribution in [0.5, 0.6) is 0 Å². The van der Waals surface area contributed by atoms with Crippen molar-refractivity contribution in [3.8, 4) is 0 Å². The molecule has 0 aliphatic heterocycles. The summed E-state index contributed by atoms with van der Waals surface area (Å²) in [6.45, 7) is 2.04. The maximum absolute atomic E-state index is 12.0.